The standard InChI is InChI=1S/C12H17N5O/c1-4-9(8(3)13)12-16-11(17-18-12)10-14-5-7(2)6-15-10/h5-6,8-9H,4,13H2,1-3H3. The van der Waals surface area contributed by atoms with Crippen LogP contribution in [-0.4, -0.2) is 26.2 Å². The van der Waals surface area contributed by atoms with Crippen molar-refractivity contribution < 1.29 is 4.52 Å². The van der Waals surface area contributed by atoms with Crippen LogP contribution >= 0.6 is 0 Å². The molecule has 96 valence electrons. The van der Waals surface area contributed by atoms with Gasteiger partial charge >= 0.3 is 0 Å². The Balaban J connectivity index is 2.27. The molecule has 2 unspecified atom stereocenters. The number of aromatic nitrogens is 4. The Bertz CT molecular complexity index is 505. The summed E-state index contributed by atoms with van der Waals surface area (Å²) in [5.41, 5.74) is 6.88. The number of nitrogens with two attached hydrogens (primary N) is 1. The third-order valence-electron chi connectivity index (χ3n) is 2.81. The van der Waals surface area contributed by atoms with Gasteiger partial charge in [-0.3, -0.25) is 0 Å². The van der Waals surface area contributed by atoms with Gasteiger partial charge in [0, 0.05) is 18.4 Å². The van der Waals surface area contributed by atoms with Crippen LogP contribution < -0.4 is 5.73 Å². The van der Waals surface area contributed by atoms with Gasteiger partial charge in [0.1, 0.15) is 0 Å². The molecule has 2 heterocycles. The SMILES string of the molecule is CCC(c1nc(-c2ncc(C)cn2)no1)C(C)N. The highest BCUT2D eigenvalue weighted by molar-refractivity contribution is 5.41. The number of aryl methyl sites for hydroxylation is 1. The van der Waals surface area contributed by atoms with E-state index in [0.29, 0.717) is 17.5 Å². The number of hydrogen-bond acceptors (Lipinski definition) is 6. The van der Waals surface area contributed by atoms with Gasteiger partial charge in [-0.2, -0.15) is 4.98 Å². The fourth-order valence-corrected chi connectivity index (χ4v) is 1.76. The summed E-state index contributed by atoms with van der Waals surface area (Å²) in [6, 6.07) is -0.0257. The predicted molar refractivity (Wildman–Crippen MR) is 66.7 cm³/mol. The zero-order chi connectivity index (χ0) is 13.1. The summed E-state index contributed by atoms with van der Waals surface area (Å²) in [4.78, 5) is 12.6. The normalized spacial score (nSPS) is 14.4. The van der Waals surface area contributed by atoms with Crippen molar-refractivity contribution in [3.05, 3.63) is 23.8 Å². The summed E-state index contributed by atoms with van der Waals surface area (Å²) in [6.07, 6.45) is 4.30. The molecular formula is C12H17N5O. The van der Waals surface area contributed by atoms with Crippen molar-refractivity contribution in [3.63, 3.8) is 0 Å². The lowest BCUT2D eigenvalue weighted by Crippen LogP contribution is -2.24. The van der Waals surface area contributed by atoms with Crippen molar-refractivity contribution in [3.8, 4) is 11.6 Å². The monoisotopic (exact) mass is 247 g/mol. The van der Waals surface area contributed by atoms with Gasteiger partial charge in [0.25, 0.3) is 0 Å². The second-order valence-corrected chi connectivity index (χ2v) is 4.41. The maximum absolute atomic E-state index is 5.89. The molecule has 2 aromatic heterocycles. The van der Waals surface area contributed by atoms with E-state index in [9.17, 15) is 0 Å². The molecule has 0 saturated heterocycles. The van der Waals surface area contributed by atoms with Gasteiger partial charge in [-0.15, -0.1) is 0 Å². The van der Waals surface area contributed by atoms with Crippen LogP contribution in [0.25, 0.3) is 11.6 Å². The van der Waals surface area contributed by atoms with E-state index in [0.717, 1.165) is 12.0 Å². The number of hydrogen-bond donors (Lipinski definition) is 1. The fraction of sp³-hybridized carbons (Fsp3) is 0.500. The molecular weight excluding hydrogens is 230 g/mol. The molecule has 0 aromatic carbocycles. The summed E-state index contributed by atoms with van der Waals surface area (Å²) in [7, 11) is 0. The summed E-state index contributed by atoms with van der Waals surface area (Å²) < 4.78 is 5.24. The van der Waals surface area contributed by atoms with E-state index in [2.05, 4.69) is 20.1 Å². The lowest BCUT2D eigenvalue weighted by atomic mass is 9.99. The molecule has 2 rings (SSSR count). The minimum atomic E-state index is -0.0257. The molecule has 2 N–H and O–H groups in total. The fourth-order valence-electron chi connectivity index (χ4n) is 1.76. The summed E-state index contributed by atoms with van der Waals surface area (Å²) in [6.45, 7) is 5.90. The largest absolute Gasteiger partial charge is 0.338 e. The first-order valence-electron chi connectivity index (χ1n) is 6.00. The third-order valence-corrected chi connectivity index (χ3v) is 2.81. The van der Waals surface area contributed by atoms with Crippen LogP contribution in [0.3, 0.4) is 0 Å². The maximum Gasteiger partial charge on any atom is 0.240 e. The predicted octanol–water partition coefficient (Wildman–Crippen LogP) is 1.68. The van der Waals surface area contributed by atoms with E-state index in [1.54, 1.807) is 12.4 Å². The molecule has 18 heavy (non-hydrogen) atoms. The van der Waals surface area contributed by atoms with Crippen LogP contribution in [0.1, 0.15) is 37.6 Å². The highest BCUT2D eigenvalue weighted by Gasteiger charge is 2.22. The van der Waals surface area contributed by atoms with Crippen molar-refractivity contribution in [2.45, 2.75) is 39.2 Å². The van der Waals surface area contributed by atoms with E-state index in [1.165, 1.54) is 0 Å². The first-order valence-corrected chi connectivity index (χ1v) is 6.00. The molecule has 0 amide bonds. The maximum atomic E-state index is 5.89. The van der Waals surface area contributed by atoms with Gasteiger partial charge < -0.3 is 10.3 Å². The summed E-state index contributed by atoms with van der Waals surface area (Å²) in [5, 5.41) is 3.90. The molecule has 0 saturated carbocycles. The molecule has 2 atom stereocenters. The van der Waals surface area contributed by atoms with E-state index < -0.39 is 0 Å². The molecule has 0 spiro atoms. The average molecular weight is 247 g/mol. The Hall–Kier alpha value is -1.82. The second-order valence-electron chi connectivity index (χ2n) is 4.41. The molecule has 0 bridgehead atoms. The zero-order valence-corrected chi connectivity index (χ0v) is 10.8. The molecule has 0 aliphatic heterocycles. The molecule has 0 radical (unpaired) electrons. The van der Waals surface area contributed by atoms with Gasteiger partial charge in [-0.05, 0) is 25.8 Å². The third kappa shape index (κ3) is 2.53. The van der Waals surface area contributed by atoms with Gasteiger partial charge in [-0.1, -0.05) is 12.1 Å². The van der Waals surface area contributed by atoms with E-state index >= 15 is 0 Å². The molecule has 2 aromatic rings. The molecule has 6 nitrogen and oxygen atoms in total. The quantitative estimate of drug-likeness (QED) is 0.883. The zero-order valence-electron chi connectivity index (χ0n) is 10.8. The van der Waals surface area contributed by atoms with E-state index in [-0.39, 0.29) is 12.0 Å². The van der Waals surface area contributed by atoms with Crippen molar-refractivity contribution in [2.24, 2.45) is 5.73 Å². The molecule has 0 aliphatic rings. The second kappa shape index (κ2) is 5.22. The van der Waals surface area contributed by atoms with Gasteiger partial charge in [-0.25, -0.2) is 9.97 Å². The Morgan fingerprint density at radius 1 is 1.28 bits per heavy atom. The van der Waals surface area contributed by atoms with Crippen molar-refractivity contribution in [1.29, 1.82) is 0 Å². The Kier molecular flexibility index (Phi) is 3.66. The topological polar surface area (TPSA) is 90.7 Å². The highest BCUT2D eigenvalue weighted by atomic mass is 16.5. The first kappa shape index (κ1) is 12.6. The highest BCUT2D eigenvalue weighted by Crippen LogP contribution is 2.22. The smallest absolute Gasteiger partial charge is 0.240 e. The minimum absolute atomic E-state index is 0.0257. The van der Waals surface area contributed by atoms with Gasteiger partial charge in [0.15, 0.2) is 0 Å². The van der Waals surface area contributed by atoms with Crippen LogP contribution in [-0.2, 0) is 0 Å². The van der Waals surface area contributed by atoms with Crippen molar-refractivity contribution in [1.82, 2.24) is 20.1 Å². The van der Waals surface area contributed by atoms with E-state index in [4.69, 9.17) is 10.3 Å². The molecule has 0 fully saturated rings. The number of nitrogens with zero attached hydrogens (tertiary/aromatic N) is 4. The van der Waals surface area contributed by atoms with Crippen LogP contribution in [0, 0.1) is 6.92 Å². The van der Waals surface area contributed by atoms with Gasteiger partial charge in [0.2, 0.25) is 17.5 Å². The first-order chi connectivity index (χ1) is 8.61. The average Bonchev–Trinajstić information content (AvgIpc) is 2.80. The molecule has 0 aliphatic carbocycles. The lowest BCUT2D eigenvalue weighted by molar-refractivity contribution is 0.334. The van der Waals surface area contributed by atoms with Crippen molar-refractivity contribution >= 4 is 0 Å². The number of rotatable bonds is 4. The van der Waals surface area contributed by atoms with Crippen molar-refractivity contribution in [2.75, 3.05) is 0 Å². The van der Waals surface area contributed by atoms with Crippen LogP contribution in [0.5, 0.6) is 0 Å². The van der Waals surface area contributed by atoms with Gasteiger partial charge in [0.05, 0.1) is 5.92 Å². The van der Waals surface area contributed by atoms with E-state index in [1.807, 2.05) is 20.8 Å². The molecule has 6 heteroatoms. The summed E-state index contributed by atoms with van der Waals surface area (Å²) in [5.74, 6) is 1.49. The van der Waals surface area contributed by atoms with Crippen LogP contribution in [0.4, 0.5) is 0 Å². The minimum Gasteiger partial charge on any atom is -0.338 e. The lowest BCUT2D eigenvalue weighted by Gasteiger charge is -2.13. The summed E-state index contributed by atoms with van der Waals surface area (Å²) >= 11 is 0. The Morgan fingerprint density at radius 3 is 2.50 bits per heavy atom. The Labute approximate surface area is 106 Å². The van der Waals surface area contributed by atoms with Crippen LogP contribution in [0.2, 0.25) is 0 Å². The van der Waals surface area contributed by atoms with Crippen LogP contribution in [0.15, 0.2) is 16.9 Å². The Morgan fingerprint density at radius 2 is 1.94 bits per heavy atom.